The third-order valence-corrected chi connectivity index (χ3v) is 5.74. The van der Waals surface area contributed by atoms with Crippen LogP contribution in [0.3, 0.4) is 0 Å². The van der Waals surface area contributed by atoms with Crippen molar-refractivity contribution in [1.82, 2.24) is 9.97 Å². The molecule has 6 heteroatoms. The predicted octanol–water partition coefficient (Wildman–Crippen LogP) is 4.62. The minimum atomic E-state index is -0.886. The number of nitrogens with zero attached hydrogens (tertiary/aromatic N) is 2. The Hall–Kier alpha value is -2.65. The molecular weight excluding hydrogens is 332 g/mol. The van der Waals surface area contributed by atoms with Crippen molar-refractivity contribution in [2.75, 3.05) is 5.32 Å². The third-order valence-electron chi connectivity index (χ3n) is 4.98. The molecule has 0 bridgehead atoms. The van der Waals surface area contributed by atoms with E-state index in [1.54, 1.807) is 0 Å². The number of fused-ring (bicyclic) bond motifs is 1. The van der Waals surface area contributed by atoms with Gasteiger partial charge in [0.05, 0.1) is 11.8 Å². The van der Waals surface area contributed by atoms with Crippen LogP contribution in [0.2, 0.25) is 0 Å². The zero-order valence-electron chi connectivity index (χ0n) is 13.9. The molecule has 0 saturated heterocycles. The van der Waals surface area contributed by atoms with Crippen molar-refractivity contribution >= 4 is 33.3 Å². The highest BCUT2D eigenvalue weighted by molar-refractivity contribution is 7.14. The number of amides is 1. The maximum Gasteiger partial charge on any atom is 0.246 e. The fourth-order valence-electron chi connectivity index (χ4n) is 3.64. The molecule has 1 fully saturated rings. The number of para-hydroxylation sites is 1. The Morgan fingerprint density at radius 3 is 2.88 bits per heavy atom. The van der Waals surface area contributed by atoms with Crippen LogP contribution in [0.15, 0.2) is 29.6 Å². The van der Waals surface area contributed by atoms with Crippen LogP contribution in [-0.4, -0.2) is 15.9 Å². The molecule has 2 aromatic heterocycles. The maximum atomic E-state index is 12.6. The zero-order chi connectivity index (χ0) is 17.4. The van der Waals surface area contributed by atoms with Gasteiger partial charge in [-0.2, -0.15) is 5.26 Å². The molecule has 0 atom stereocenters. The lowest BCUT2D eigenvalue weighted by molar-refractivity contribution is -0.122. The Morgan fingerprint density at radius 2 is 2.12 bits per heavy atom. The number of H-pyrrole nitrogens is 1. The molecule has 0 unspecified atom stereocenters. The van der Waals surface area contributed by atoms with Gasteiger partial charge in [0.2, 0.25) is 5.91 Å². The molecular formula is C19H18N4OS. The molecule has 1 aliphatic carbocycles. The number of nitriles is 1. The van der Waals surface area contributed by atoms with Gasteiger partial charge in [0.15, 0.2) is 5.13 Å². The largest absolute Gasteiger partial charge is 0.358 e. The summed E-state index contributed by atoms with van der Waals surface area (Å²) in [5, 5.41) is 15.9. The minimum Gasteiger partial charge on any atom is -0.358 e. The number of nitrogens with one attached hydrogen (secondary N) is 2. The molecule has 2 N–H and O–H groups in total. The highest BCUT2D eigenvalue weighted by Crippen LogP contribution is 2.39. The number of carbonyl (C=O) groups is 1. The van der Waals surface area contributed by atoms with Crippen LogP contribution in [0.4, 0.5) is 5.13 Å². The van der Waals surface area contributed by atoms with Gasteiger partial charge >= 0.3 is 0 Å². The molecule has 1 aliphatic rings. The lowest BCUT2D eigenvalue weighted by Crippen LogP contribution is -2.32. The van der Waals surface area contributed by atoms with Crippen LogP contribution in [0, 0.1) is 23.7 Å². The summed E-state index contributed by atoms with van der Waals surface area (Å²) < 4.78 is 0. The average molecular weight is 350 g/mol. The summed E-state index contributed by atoms with van der Waals surface area (Å²) in [4.78, 5) is 20.5. The zero-order valence-corrected chi connectivity index (χ0v) is 14.7. The Morgan fingerprint density at radius 1 is 1.36 bits per heavy atom. The van der Waals surface area contributed by atoms with Crippen molar-refractivity contribution < 1.29 is 4.79 Å². The molecule has 2 heterocycles. The first-order valence-electron chi connectivity index (χ1n) is 8.39. The van der Waals surface area contributed by atoms with Crippen molar-refractivity contribution in [3.63, 3.8) is 0 Å². The summed E-state index contributed by atoms with van der Waals surface area (Å²) in [5.41, 5.74) is 3.13. The normalized spacial score (nSPS) is 16.0. The van der Waals surface area contributed by atoms with E-state index in [9.17, 15) is 10.1 Å². The highest BCUT2D eigenvalue weighted by atomic mass is 32.1. The average Bonchev–Trinajstić information content (AvgIpc) is 3.32. The summed E-state index contributed by atoms with van der Waals surface area (Å²) in [5.74, 6) is -0.218. The van der Waals surface area contributed by atoms with E-state index in [0.29, 0.717) is 18.0 Å². The third kappa shape index (κ3) is 2.61. The standard InChI is InChI=1S/C19H18N4OS/c1-12-16(13-6-2-3-7-14(13)21-12)15-10-25-18(22-15)23-17(24)19(11-20)8-4-5-9-19/h2-3,6-7,10,21H,4-5,8-9H2,1H3,(H,22,23,24). The number of aryl methyl sites for hydroxylation is 1. The van der Waals surface area contributed by atoms with Gasteiger partial charge in [-0.3, -0.25) is 4.79 Å². The second-order valence-electron chi connectivity index (χ2n) is 6.56. The molecule has 0 spiro atoms. The van der Waals surface area contributed by atoms with Gasteiger partial charge in [0.25, 0.3) is 0 Å². The molecule has 25 heavy (non-hydrogen) atoms. The number of hydrogen-bond donors (Lipinski definition) is 2. The van der Waals surface area contributed by atoms with Crippen LogP contribution >= 0.6 is 11.3 Å². The van der Waals surface area contributed by atoms with Crippen LogP contribution in [0.5, 0.6) is 0 Å². The predicted molar refractivity (Wildman–Crippen MR) is 99.3 cm³/mol. The fourth-order valence-corrected chi connectivity index (χ4v) is 4.33. The number of aromatic amines is 1. The molecule has 1 saturated carbocycles. The lowest BCUT2D eigenvalue weighted by atomic mass is 9.87. The van der Waals surface area contributed by atoms with Crippen LogP contribution in [0.25, 0.3) is 22.2 Å². The van der Waals surface area contributed by atoms with Gasteiger partial charge in [0.1, 0.15) is 5.41 Å². The van der Waals surface area contributed by atoms with Crippen molar-refractivity contribution in [2.24, 2.45) is 5.41 Å². The molecule has 0 radical (unpaired) electrons. The molecule has 5 nitrogen and oxygen atoms in total. The smallest absolute Gasteiger partial charge is 0.246 e. The first-order chi connectivity index (χ1) is 12.1. The fraction of sp³-hybridized carbons (Fsp3) is 0.316. The highest BCUT2D eigenvalue weighted by Gasteiger charge is 2.41. The van der Waals surface area contributed by atoms with Crippen LogP contribution in [0.1, 0.15) is 31.4 Å². The first-order valence-corrected chi connectivity index (χ1v) is 9.27. The van der Waals surface area contributed by atoms with Gasteiger partial charge < -0.3 is 10.3 Å². The van der Waals surface area contributed by atoms with E-state index in [1.165, 1.54) is 11.3 Å². The van der Waals surface area contributed by atoms with Gasteiger partial charge in [-0.15, -0.1) is 11.3 Å². The molecule has 3 aromatic rings. The van der Waals surface area contributed by atoms with E-state index in [1.807, 2.05) is 30.5 Å². The summed E-state index contributed by atoms with van der Waals surface area (Å²) in [7, 11) is 0. The maximum absolute atomic E-state index is 12.6. The van der Waals surface area contributed by atoms with Gasteiger partial charge in [-0.1, -0.05) is 31.0 Å². The lowest BCUT2D eigenvalue weighted by Gasteiger charge is -2.17. The molecule has 1 aromatic carbocycles. The van der Waals surface area contributed by atoms with E-state index in [2.05, 4.69) is 27.4 Å². The van der Waals surface area contributed by atoms with Crippen molar-refractivity contribution in [3.8, 4) is 17.3 Å². The number of rotatable bonds is 3. The number of carbonyl (C=O) groups excluding carboxylic acids is 1. The van der Waals surface area contributed by atoms with Crippen molar-refractivity contribution in [3.05, 3.63) is 35.3 Å². The molecule has 4 rings (SSSR count). The summed E-state index contributed by atoms with van der Waals surface area (Å²) >= 11 is 1.39. The second-order valence-corrected chi connectivity index (χ2v) is 7.42. The number of hydrogen-bond acceptors (Lipinski definition) is 4. The number of anilines is 1. The SMILES string of the molecule is Cc1[nH]c2ccccc2c1-c1csc(NC(=O)C2(C#N)CCCC2)n1. The van der Waals surface area contributed by atoms with Crippen molar-refractivity contribution in [2.45, 2.75) is 32.6 Å². The van der Waals surface area contributed by atoms with Crippen LogP contribution < -0.4 is 5.32 Å². The Bertz CT molecular complexity index is 988. The van der Waals surface area contributed by atoms with E-state index in [0.717, 1.165) is 40.7 Å². The van der Waals surface area contributed by atoms with Gasteiger partial charge in [-0.25, -0.2) is 4.98 Å². The first kappa shape index (κ1) is 15.9. The second kappa shape index (κ2) is 6.01. The van der Waals surface area contributed by atoms with Crippen molar-refractivity contribution in [1.29, 1.82) is 5.26 Å². The van der Waals surface area contributed by atoms with E-state index in [-0.39, 0.29) is 5.91 Å². The van der Waals surface area contributed by atoms with Gasteiger partial charge in [0, 0.05) is 27.5 Å². The summed E-state index contributed by atoms with van der Waals surface area (Å²) in [6.45, 7) is 2.02. The monoisotopic (exact) mass is 350 g/mol. The van der Waals surface area contributed by atoms with E-state index >= 15 is 0 Å². The quantitative estimate of drug-likeness (QED) is 0.723. The summed E-state index contributed by atoms with van der Waals surface area (Å²) in [6.07, 6.45) is 3.13. The van der Waals surface area contributed by atoms with E-state index in [4.69, 9.17) is 0 Å². The van der Waals surface area contributed by atoms with E-state index < -0.39 is 5.41 Å². The Labute approximate surface area is 149 Å². The molecule has 1 amide bonds. The topological polar surface area (TPSA) is 81.6 Å². The number of benzene rings is 1. The number of thiazole rings is 1. The molecule has 0 aliphatic heterocycles. The Balaban J connectivity index is 1.63. The summed E-state index contributed by atoms with van der Waals surface area (Å²) in [6, 6.07) is 10.3. The van der Waals surface area contributed by atoms with Crippen LogP contribution in [-0.2, 0) is 4.79 Å². The molecule has 126 valence electrons. The Kier molecular flexibility index (Phi) is 3.81. The minimum absolute atomic E-state index is 0.218. The van der Waals surface area contributed by atoms with Gasteiger partial charge in [-0.05, 0) is 25.8 Å². The number of aromatic nitrogens is 2.